The quantitative estimate of drug-likeness (QED) is 0.938. The molecule has 1 unspecified atom stereocenters. The third-order valence-electron chi connectivity index (χ3n) is 3.95. The van der Waals surface area contributed by atoms with Crippen molar-refractivity contribution in [2.24, 2.45) is 0 Å². The van der Waals surface area contributed by atoms with Crippen LogP contribution in [0.5, 0.6) is 5.75 Å². The molecule has 23 heavy (non-hydrogen) atoms. The van der Waals surface area contributed by atoms with Gasteiger partial charge in [-0.25, -0.2) is 0 Å². The molecule has 0 heterocycles. The maximum Gasteiger partial charge on any atom is 0.265 e. The summed E-state index contributed by atoms with van der Waals surface area (Å²) in [6.07, 6.45) is 1.75. The van der Waals surface area contributed by atoms with Gasteiger partial charge in [-0.3, -0.25) is 9.59 Å². The molecule has 0 aromatic heterocycles. The normalized spacial score (nSPS) is 14.7. The van der Waals surface area contributed by atoms with E-state index in [1.807, 2.05) is 36.4 Å². The van der Waals surface area contributed by atoms with Gasteiger partial charge in [0.25, 0.3) is 5.91 Å². The van der Waals surface area contributed by atoms with Crippen LogP contribution in [0.2, 0.25) is 0 Å². The Morgan fingerprint density at radius 2 is 1.91 bits per heavy atom. The van der Waals surface area contributed by atoms with Crippen molar-refractivity contribution in [2.45, 2.75) is 32.3 Å². The lowest BCUT2D eigenvalue weighted by molar-refractivity contribution is -0.122. The van der Waals surface area contributed by atoms with E-state index in [1.165, 1.54) is 0 Å². The Morgan fingerprint density at radius 1 is 1.13 bits per heavy atom. The number of ketones is 1. The molecule has 118 valence electrons. The first-order chi connectivity index (χ1) is 11.1. The van der Waals surface area contributed by atoms with Gasteiger partial charge in [-0.1, -0.05) is 18.2 Å². The molecule has 0 bridgehead atoms. The number of carbonyl (C=O) groups excluding carboxylic acids is 2. The number of Topliss-reactive ketones (excluding diaryl/α,β-unsaturated/α-hetero) is 1. The lowest BCUT2D eigenvalue weighted by atomic mass is 9.90. The SMILES string of the molecule is CC(Oc1ccc2c(c1)CCCC2=O)C(=O)Nc1ccccc1. The van der Waals surface area contributed by atoms with Crippen molar-refractivity contribution < 1.29 is 14.3 Å². The van der Waals surface area contributed by atoms with Crippen LogP contribution < -0.4 is 10.1 Å². The zero-order valence-corrected chi connectivity index (χ0v) is 13.0. The van der Waals surface area contributed by atoms with Crippen molar-refractivity contribution in [3.05, 3.63) is 59.7 Å². The summed E-state index contributed by atoms with van der Waals surface area (Å²) in [5.41, 5.74) is 2.53. The predicted octanol–water partition coefficient (Wildman–Crippen LogP) is 3.61. The van der Waals surface area contributed by atoms with E-state index in [-0.39, 0.29) is 11.7 Å². The molecule has 0 spiro atoms. The number of hydrogen-bond donors (Lipinski definition) is 1. The average Bonchev–Trinajstić information content (AvgIpc) is 2.56. The molecule has 2 aromatic carbocycles. The molecule has 1 aliphatic rings. The van der Waals surface area contributed by atoms with Gasteiger partial charge in [-0.15, -0.1) is 0 Å². The first kappa shape index (κ1) is 15.3. The highest BCUT2D eigenvalue weighted by Crippen LogP contribution is 2.26. The van der Waals surface area contributed by atoms with Gasteiger partial charge in [0, 0.05) is 17.7 Å². The second-order valence-electron chi connectivity index (χ2n) is 5.71. The second kappa shape index (κ2) is 6.65. The van der Waals surface area contributed by atoms with Crippen molar-refractivity contribution in [3.63, 3.8) is 0 Å². The fourth-order valence-electron chi connectivity index (χ4n) is 2.72. The maximum absolute atomic E-state index is 12.2. The van der Waals surface area contributed by atoms with Crippen LogP contribution in [0.1, 0.15) is 35.7 Å². The fraction of sp³-hybridized carbons (Fsp3) is 0.263. The number of amides is 1. The Morgan fingerprint density at radius 3 is 2.70 bits per heavy atom. The third-order valence-corrected chi connectivity index (χ3v) is 3.95. The number of hydrogen-bond acceptors (Lipinski definition) is 3. The van der Waals surface area contributed by atoms with Crippen molar-refractivity contribution in [1.82, 2.24) is 0 Å². The fourth-order valence-corrected chi connectivity index (χ4v) is 2.72. The Bertz CT molecular complexity index is 725. The number of benzene rings is 2. The van der Waals surface area contributed by atoms with Gasteiger partial charge in [-0.2, -0.15) is 0 Å². The van der Waals surface area contributed by atoms with E-state index in [9.17, 15) is 9.59 Å². The monoisotopic (exact) mass is 309 g/mol. The number of anilines is 1. The molecule has 2 aromatic rings. The molecule has 1 atom stereocenters. The molecular formula is C19H19NO3. The lowest BCUT2D eigenvalue weighted by Crippen LogP contribution is -2.30. The highest BCUT2D eigenvalue weighted by atomic mass is 16.5. The van der Waals surface area contributed by atoms with E-state index in [1.54, 1.807) is 19.1 Å². The highest BCUT2D eigenvalue weighted by molar-refractivity contribution is 5.98. The maximum atomic E-state index is 12.2. The van der Waals surface area contributed by atoms with Gasteiger partial charge in [0.1, 0.15) is 5.75 Å². The number of ether oxygens (including phenoxy) is 1. The number of para-hydroxylation sites is 1. The van der Waals surface area contributed by atoms with Gasteiger partial charge in [0.15, 0.2) is 11.9 Å². The summed E-state index contributed by atoms with van der Waals surface area (Å²) in [7, 11) is 0. The minimum absolute atomic E-state index is 0.188. The van der Waals surface area contributed by atoms with E-state index < -0.39 is 6.10 Å². The minimum Gasteiger partial charge on any atom is -0.481 e. The summed E-state index contributed by atoms with van der Waals surface area (Å²) < 4.78 is 5.73. The minimum atomic E-state index is -0.618. The average molecular weight is 309 g/mol. The van der Waals surface area contributed by atoms with Gasteiger partial charge >= 0.3 is 0 Å². The Hall–Kier alpha value is -2.62. The molecule has 3 rings (SSSR count). The summed E-state index contributed by atoms with van der Waals surface area (Å²) >= 11 is 0. The molecule has 4 heteroatoms. The standard InChI is InChI=1S/C19H19NO3/c1-13(19(22)20-15-7-3-2-4-8-15)23-16-10-11-17-14(12-16)6-5-9-18(17)21/h2-4,7-8,10-13H,5-6,9H2,1H3,(H,20,22). The third kappa shape index (κ3) is 3.59. The van der Waals surface area contributed by atoms with Crippen molar-refractivity contribution in [3.8, 4) is 5.75 Å². The summed E-state index contributed by atoms with van der Waals surface area (Å²) in [6.45, 7) is 1.71. The molecule has 0 aliphatic heterocycles. The predicted molar refractivity (Wildman–Crippen MR) is 88.9 cm³/mol. The molecule has 4 nitrogen and oxygen atoms in total. The molecule has 1 N–H and O–H groups in total. The smallest absolute Gasteiger partial charge is 0.265 e. The number of nitrogens with one attached hydrogen (secondary N) is 1. The highest BCUT2D eigenvalue weighted by Gasteiger charge is 2.19. The van der Waals surface area contributed by atoms with Crippen LogP contribution in [0.25, 0.3) is 0 Å². The largest absolute Gasteiger partial charge is 0.481 e. The molecule has 1 amide bonds. The summed E-state index contributed by atoms with van der Waals surface area (Å²) in [4.78, 5) is 24.0. The van der Waals surface area contributed by atoms with Crippen LogP contribution in [0.4, 0.5) is 5.69 Å². The van der Waals surface area contributed by atoms with Gasteiger partial charge < -0.3 is 10.1 Å². The van der Waals surface area contributed by atoms with Crippen molar-refractivity contribution >= 4 is 17.4 Å². The van der Waals surface area contributed by atoms with Crippen LogP contribution in [-0.4, -0.2) is 17.8 Å². The zero-order chi connectivity index (χ0) is 16.2. The summed E-state index contributed by atoms with van der Waals surface area (Å²) in [5, 5.41) is 2.81. The Labute approximate surface area is 135 Å². The number of carbonyl (C=O) groups is 2. The lowest BCUT2D eigenvalue weighted by Gasteiger charge is -2.18. The summed E-state index contributed by atoms with van der Waals surface area (Å²) in [6, 6.07) is 14.7. The van der Waals surface area contributed by atoms with Crippen LogP contribution in [0.15, 0.2) is 48.5 Å². The van der Waals surface area contributed by atoms with Crippen molar-refractivity contribution in [1.29, 1.82) is 0 Å². The molecule has 0 saturated heterocycles. The molecular weight excluding hydrogens is 290 g/mol. The van der Waals surface area contributed by atoms with Crippen molar-refractivity contribution in [2.75, 3.05) is 5.32 Å². The van der Waals surface area contributed by atoms with E-state index in [0.29, 0.717) is 12.2 Å². The van der Waals surface area contributed by atoms with Gasteiger partial charge in [0.05, 0.1) is 0 Å². The van der Waals surface area contributed by atoms with Crippen LogP contribution >= 0.6 is 0 Å². The molecule has 0 radical (unpaired) electrons. The Balaban J connectivity index is 1.67. The van der Waals surface area contributed by atoms with Crippen LogP contribution in [-0.2, 0) is 11.2 Å². The number of fused-ring (bicyclic) bond motifs is 1. The first-order valence-electron chi connectivity index (χ1n) is 7.82. The van der Waals surface area contributed by atoms with E-state index in [2.05, 4.69) is 5.32 Å². The molecule has 0 fully saturated rings. The van der Waals surface area contributed by atoms with Gasteiger partial charge in [0.2, 0.25) is 0 Å². The van der Waals surface area contributed by atoms with E-state index >= 15 is 0 Å². The number of rotatable bonds is 4. The molecule has 0 saturated carbocycles. The Kier molecular flexibility index (Phi) is 4.42. The first-order valence-corrected chi connectivity index (χ1v) is 7.82. The van der Waals surface area contributed by atoms with E-state index in [0.717, 1.165) is 29.7 Å². The topological polar surface area (TPSA) is 55.4 Å². The van der Waals surface area contributed by atoms with Gasteiger partial charge in [-0.05, 0) is 55.7 Å². The van der Waals surface area contributed by atoms with E-state index in [4.69, 9.17) is 4.74 Å². The number of aryl methyl sites for hydroxylation is 1. The van der Waals surface area contributed by atoms with Crippen LogP contribution in [0.3, 0.4) is 0 Å². The summed E-state index contributed by atoms with van der Waals surface area (Å²) in [5.74, 6) is 0.604. The van der Waals surface area contributed by atoms with Crippen LogP contribution in [0, 0.1) is 0 Å². The molecule has 1 aliphatic carbocycles. The second-order valence-corrected chi connectivity index (χ2v) is 5.71. The zero-order valence-electron chi connectivity index (χ0n) is 13.0.